The fourth-order valence-corrected chi connectivity index (χ4v) is 14.5. The van der Waals surface area contributed by atoms with Gasteiger partial charge in [-0.15, -0.1) is 0 Å². The van der Waals surface area contributed by atoms with Crippen LogP contribution in [0.3, 0.4) is 0 Å². The van der Waals surface area contributed by atoms with Crippen LogP contribution in [0.25, 0.3) is 0 Å². The average Bonchev–Trinajstić information content (AvgIpc) is 3.18. The van der Waals surface area contributed by atoms with E-state index in [1.807, 2.05) is 27.7 Å². The number of carbonyl (C=O) groups excluding carboxylic acids is 2. The Bertz CT molecular complexity index is 1420. The largest absolute Gasteiger partial charge is 0.509 e. The Morgan fingerprint density at radius 3 is 1.12 bits per heavy atom. The van der Waals surface area contributed by atoms with Gasteiger partial charge >= 0.3 is 12.3 Å². The zero-order chi connectivity index (χ0) is 45.1. The maximum atomic E-state index is 13.3. The van der Waals surface area contributed by atoms with Crippen molar-refractivity contribution < 1.29 is 66.4 Å². The first-order valence-electron chi connectivity index (χ1n) is 19.3. The van der Waals surface area contributed by atoms with Crippen molar-refractivity contribution in [1.29, 1.82) is 0 Å². The smallest absolute Gasteiger partial charge is 0.494 e. The van der Waals surface area contributed by atoms with Gasteiger partial charge in [0, 0.05) is 45.1 Å². The molecule has 8 atom stereocenters. The predicted octanol–water partition coefficient (Wildman–Crippen LogP) is 10.8. The van der Waals surface area contributed by atoms with Gasteiger partial charge in [0.05, 0.1) is 22.2 Å². The molecule has 0 aliphatic heterocycles. The van der Waals surface area contributed by atoms with Crippen molar-refractivity contribution in [3.63, 3.8) is 0 Å². The van der Waals surface area contributed by atoms with Gasteiger partial charge in [-0.25, -0.2) is 9.59 Å². The van der Waals surface area contributed by atoms with Crippen LogP contribution < -0.4 is 0 Å². The summed E-state index contributed by atoms with van der Waals surface area (Å²) in [4.78, 5) is 26.7. The highest BCUT2D eigenvalue weighted by Crippen LogP contribution is 2.74. The topological polar surface area (TPSA) is 145 Å². The Kier molecular flexibility index (Phi) is 21.5. The summed E-state index contributed by atoms with van der Waals surface area (Å²) in [6.07, 6.45) is -1.93. The third-order valence-electron chi connectivity index (χ3n) is 9.51. The van der Waals surface area contributed by atoms with Crippen molar-refractivity contribution in [2.75, 3.05) is 66.1 Å². The molecule has 340 valence electrons. The molecule has 0 N–H and O–H groups in total. The van der Waals surface area contributed by atoms with Gasteiger partial charge < -0.3 is 56.8 Å². The van der Waals surface area contributed by atoms with Crippen LogP contribution in [0.4, 0.5) is 9.59 Å². The van der Waals surface area contributed by atoms with Crippen LogP contribution in [-0.2, 0) is 56.8 Å². The molecule has 0 radical (unpaired) electrons. The van der Waals surface area contributed by atoms with E-state index < -0.39 is 59.2 Å². The van der Waals surface area contributed by atoms with Crippen LogP contribution in [0.5, 0.6) is 0 Å². The monoisotopic (exact) mass is 1220 g/mol. The number of ether oxygens (including phenoxy) is 12. The van der Waals surface area contributed by atoms with Crippen LogP contribution in [0.1, 0.15) is 69.2 Å². The summed E-state index contributed by atoms with van der Waals surface area (Å²) in [6, 6.07) is 0. The van der Waals surface area contributed by atoms with Gasteiger partial charge in [-0.3, -0.25) is 0 Å². The summed E-state index contributed by atoms with van der Waals surface area (Å²) in [7, 11) is 0. The number of hydrogen-bond donors (Lipinski definition) is 0. The molecule has 0 bridgehead atoms. The lowest BCUT2D eigenvalue weighted by atomic mass is 9.53. The summed E-state index contributed by atoms with van der Waals surface area (Å²) in [5, 5.41) is 0. The van der Waals surface area contributed by atoms with Crippen molar-refractivity contribution in [3.05, 3.63) is 45.8 Å². The highest BCUT2D eigenvalue weighted by Gasteiger charge is 2.88. The summed E-state index contributed by atoms with van der Waals surface area (Å²) in [5.41, 5.74) is -5.56. The van der Waals surface area contributed by atoms with Crippen LogP contribution in [0.2, 0.25) is 0 Å². The second-order valence-corrected chi connectivity index (χ2v) is 19.3. The minimum absolute atomic E-state index is 0.0373. The van der Waals surface area contributed by atoms with Crippen LogP contribution in [0.15, 0.2) is 45.8 Å². The minimum atomic E-state index is -1.96. The molecule has 2 rings (SSSR count). The quantitative estimate of drug-likeness (QED) is 0.0513. The Hall–Kier alpha value is -0.260. The lowest BCUT2D eigenvalue weighted by Crippen LogP contribution is -2.85. The lowest BCUT2D eigenvalue weighted by Gasteiger charge is -2.69. The first-order chi connectivity index (χ1) is 27.8. The molecule has 0 heterocycles. The summed E-state index contributed by atoms with van der Waals surface area (Å²) in [6.45, 7) is 25.6. The minimum Gasteiger partial charge on any atom is -0.494 e. The van der Waals surface area contributed by atoms with Gasteiger partial charge in [0.25, 0.3) is 0 Å². The lowest BCUT2D eigenvalue weighted by molar-refractivity contribution is -0.334. The van der Waals surface area contributed by atoms with Crippen LogP contribution in [0, 0.1) is 5.41 Å². The zero-order valence-corrected chi connectivity index (χ0v) is 44.8. The molecule has 2 aliphatic rings. The van der Waals surface area contributed by atoms with Gasteiger partial charge in [0.15, 0.2) is 23.4 Å². The van der Waals surface area contributed by atoms with Gasteiger partial charge in [0.1, 0.15) is 24.7 Å². The maximum absolute atomic E-state index is 13.3. The average molecular weight is 1230 g/mol. The highest BCUT2D eigenvalue weighted by atomic mass is 79.9. The van der Waals surface area contributed by atoms with Crippen molar-refractivity contribution >= 4 is 108 Å². The fraction of sp³-hybridized carbons (Fsp3) is 0.744. The third kappa shape index (κ3) is 9.19. The molecule has 0 saturated heterocycles. The molecular formula is C39H58Br6O14. The van der Waals surface area contributed by atoms with Crippen LogP contribution in [-0.4, -0.2) is 120 Å². The molecule has 2 aliphatic carbocycles. The molecular weight excluding hydrogens is 1170 g/mol. The van der Waals surface area contributed by atoms with E-state index in [9.17, 15) is 9.59 Å². The second kappa shape index (κ2) is 23.1. The van der Waals surface area contributed by atoms with E-state index in [0.717, 1.165) is 0 Å². The highest BCUT2D eigenvalue weighted by molar-refractivity contribution is 9.13. The summed E-state index contributed by atoms with van der Waals surface area (Å²) in [5.74, 6) is 0.239. The Labute approximate surface area is 399 Å². The van der Waals surface area contributed by atoms with Crippen molar-refractivity contribution in [3.8, 4) is 0 Å². The maximum Gasteiger partial charge on any atom is 0.509 e. The molecule has 59 heavy (non-hydrogen) atoms. The van der Waals surface area contributed by atoms with E-state index >= 15 is 0 Å². The molecule has 0 aromatic heterocycles. The van der Waals surface area contributed by atoms with Crippen molar-refractivity contribution in [2.45, 2.75) is 111 Å². The molecule has 0 spiro atoms. The fourth-order valence-electron chi connectivity index (χ4n) is 7.69. The van der Waals surface area contributed by atoms with E-state index in [2.05, 4.69) is 109 Å². The SMILES string of the molecule is C=CCOC(=O)OC1C(Br)=C(OCC)C(OCC)(C(C)(C)C2(OCC)C(OCC)=C(Br)C(OC(=O)OCC=C)C(Br)(OCC)C2(Br)OCC)C(Br)(OCC)C1(Br)OCC. The molecule has 0 aromatic carbocycles. The number of rotatable bonds is 24. The number of halogens is 6. The number of carbonyl (C=O) groups is 2. The zero-order valence-electron chi connectivity index (χ0n) is 35.3. The van der Waals surface area contributed by atoms with E-state index in [1.165, 1.54) is 12.2 Å². The molecule has 0 amide bonds. The number of alkyl halides is 4. The van der Waals surface area contributed by atoms with Gasteiger partial charge in [0.2, 0.25) is 18.0 Å². The molecule has 14 nitrogen and oxygen atoms in total. The van der Waals surface area contributed by atoms with E-state index in [-0.39, 0.29) is 86.6 Å². The van der Waals surface area contributed by atoms with Crippen molar-refractivity contribution in [2.24, 2.45) is 5.41 Å². The van der Waals surface area contributed by atoms with Gasteiger partial charge in [-0.05, 0) is 151 Å². The van der Waals surface area contributed by atoms with Crippen molar-refractivity contribution in [1.82, 2.24) is 0 Å². The van der Waals surface area contributed by atoms with E-state index in [4.69, 9.17) is 56.8 Å². The van der Waals surface area contributed by atoms with E-state index in [1.54, 1.807) is 41.5 Å². The molecule has 0 saturated carbocycles. The molecule has 8 unspecified atom stereocenters. The molecule has 0 fully saturated rings. The number of hydrogen-bond acceptors (Lipinski definition) is 14. The van der Waals surface area contributed by atoms with Gasteiger partial charge in [-0.1, -0.05) is 39.2 Å². The first kappa shape index (κ1) is 54.9. The summed E-state index contributed by atoms with van der Waals surface area (Å²) < 4.78 is 70.4. The van der Waals surface area contributed by atoms with Gasteiger partial charge in [-0.2, -0.15) is 0 Å². The summed E-state index contributed by atoms with van der Waals surface area (Å²) >= 11 is 23.5. The molecule has 20 heteroatoms. The Morgan fingerprint density at radius 2 is 0.864 bits per heavy atom. The third-order valence-corrected chi connectivity index (χ3v) is 17.3. The standard InChI is InChI=1S/C39H58Br6O14/c1-13-23-50-31(46)58-29-25(40)27(48-15-3)34(52-17-5,38(44,56-21-9)36(29,42)54-19-7)33(11,12)35(53-18-6)28(49-16-4)26(41)30(59-32(47)51-24-14-2)37(43,55-20-8)39(35,45)57-22-10/h13-14,29-30H,1-2,15-24H2,3-12H3. The van der Waals surface area contributed by atoms with E-state index in [0.29, 0.717) is 0 Å². The Morgan fingerprint density at radius 1 is 0.559 bits per heavy atom. The first-order valence-corrected chi connectivity index (χ1v) is 24.1. The normalized spacial score (nSPS) is 32.3. The van der Waals surface area contributed by atoms with Crippen LogP contribution >= 0.6 is 95.6 Å². The molecule has 0 aromatic rings. The second-order valence-electron chi connectivity index (χ2n) is 13.0. The predicted molar refractivity (Wildman–Crippen MR) is 244 cm³/mol. The Balaban J connectivity index is 3.58.